The summed E-state index contributed by atoms with van der Waals surface area (Å²) in [6.45, 7) is 24.3. The second kappa shape index (κ2) is 30.8. The number of benzene rings is 5. The van der Waals surface area contributed by atoms with Crippen LogP contribution in [0.2, 0.25) is 23.2 Å². The molecule has 0 unspecified atom stereocenters. The maximum Gasteiger partial charge on any atom is 0.261 e. The standard InChI is InChI=1S/C75H108O13Si2/c1-13-89(14-2,15-3)88-68-49-74(10,70(77)67-43-47-75(86-67)44-25-32-64(85-75)55(4)50-83-90(71(5,6)7,61-28-21-17-22-29-61)62-30-23-18-24-31-62)87-69(68)63(76)48-72(8,82-53-58-35-39-60(79-12)40-36-58)45-41-65(81-52-57-33-37-59(78-11)38-34-57)66-42-46-73(9,84-66)54-80-51-56-26-19-16-20-27-56/h16-24,26-31,33-40,55,63-70,76-77H,13-15,25,32,41-54H2,1-12H3/t55-,63-,64-,65+,66+,67-,68+,69-,70-,72-,73+,74+,75-/m0/s1. The lowest BCUT2D eigenvalue weighted by atomic mass is 9.86. The molecule has 90 heavy (non-hydrogen) atoms. The van der Waals surface area contributed by atoms with E-state index in [-0.39, 0.29) is 35.7 Å². The zero-order valence-corrected chi connectivity index (χ0v) is 58.3. The van der Waals surface area contributed by atoms with E-state index in [1.807, 2.05) is 73.7 Å². The minimum atomic E-state index is -2.78. The van der Waals surface area contributed by atoms with Crippen molar-refractivity contribution in [2.75, 3.05) is 27.4 Å². The van der Waals surface area contributed by atoms with Gasteiger partial charge in [0.05, 0.1) is 94.1 Å². The van der Waals surface area contributed by atoms with Crippen LogP contribution in [0.3, 0.4) is 0 Å². The molecule has 15 heteroatoms. The SMILES string of the molecule is CC[Si](CC)(CC)O[C@@H]1C[C@](C)([C@@H](O)[C@@H]2CC[C@]3(CCC[C@@H]([C@@H](C)CO[Si](c4ccccc4)(c4ccccc4)C(C)(C)C)O3)O2)O[C@H]1[C@@H](O)C[C@](C)(CC[C@@H](OCc1ccc(OC)cc1)[C@H]1CC[C@](C)(COCc2ccccc2)O1)OCc1ccc(OC)cc1. The molecule has 5 aromatic carbocycles. The minimum absolute atomic E-state index is 0.0818. The number of rotatable bonds is 32. The van der Waals surface area contributed by atoms with Crippen LogP contribution >= 0.6 is 0 Å². The lowest BCUT2D eigenvalue weighted by Crippen LogP contribution is -2.67. The maximum absolute atomic E-state index is 13.1. The lowest BCUT2D eigenvalue weighted by molar-refractivity contribution is -0.293. The summed E-state index contributed by atoms with van der Waals surface area (Å²) >= 11 is 0. The molecule has 4 fully saturated rings. The summed E-state index contributed by atoms with van der Waals surface area (Å²) < 4.78 is 74.7. The van der Waals surface area contributed by atoms with Gasteiger partial charge in [-0.2, -0.15) is 0 Å². The molecule has 9 rings (SSSR count). The van der Waals surface area contributed by atoms with Gasteiger partial charge < -0.3 is 61.7 Å². The van der Waals surface area contributed by atoms with Crippen molar-refractivity contribution in [3.05, 3.63) is 156 Å². The zero-order chi connectivity index (χ0) is 64.2. The average molecular weight is 1270 g/mol. The van der Waals surface area contributed by atoms with Gasteiger partial charge in [0.25, 0.3) is 8.32 Å². The highest BCUT2D eigenvalue weighted by molar-refractivity contribution is 6.99. The van der Waals surface area contributed by atoms with Gasteiger partial charge in [-0.25, -0.2) is 0 Å². The number of hydrogen-bond donors (Lipinski definition) is 2. The molecule has 0 amide bonds. The summed E-state index contributed by atoms with van der Waals surface area (Å²) in [5.41, 5.74) is 0.636. The minimum Gasteiger partial charge on any atom is -0.497 e. The fourth-order valence-corrected chi connectivity index (χ4v) is 22.3. The smallest absolute Gasteiger partial charge is 0.261 e. The molecule has 0 aliphatic carbocycles. The van der Waals surface area contributed by atoms with E-state index < -0.39 is 69.7 Å². The third-order valence-electron chi connectivity index (χ3n) is 20.6. The van der Waals surface area contributed by atoms with Crippen molar-refractivity contribution in [1.82, 2.24) is 0 Å². The molecule has 0 radical (unpaired) electrons. The normalized spacial score (nSPS) is 26.9. The average Bonchev–Trinajstić information content (AvgIpc) is 1.01. The quantitative estimate of drug-likeness (QED) is 0.0395. The molecule has 4 aliphatic heterocycles. The summed E-state index contributed by atoms with van der Waals surface area (Å²) in [5, 5.41) is 28.3. The first-order chi connectivity index (χ1) is 43.1. The second-order valence-electron chi connectivity index (χ2n) is 28.3. The number of ether oxygens (including phenoxy) is 9. The van der Waals surface area contributed by atoms with Gasteiger partial charge in [0.1, 0.15) is 23.7 Å². The van der Waals surface area contributed by atoms with Crippen LogP contribution in [0.4, 0.5) is 0 Å². The molecule has 494 valence electrons. The highest BCUT2D eigenvalue weighted by Crippen LogP contribution is 2.49. The molecule has 0 bridgehead atoms. The first kappa shape index (κ1) is 70.0. The van der Waals surface area contributed by atoms with Crippen LogP contribution in [0.1, 0.15) is 157 Å². The zero-order valence-electron chi connectivity index (χ0n) is 56.3. The molecule has 13 nitrogen and oxygen atoms in total. The van der Waals surface area contributed by atoms with Gasteiger partial charge in [0.2, 0.25) is 0 Å². The van der Waals surface area contributed by atoms with E-state index in [4.69, 9.17) is 51.5 Å². The Bertz CT molecular complexity index is 2880. The predicted octanol–water partition coefficient (Wildman–Crippen LogP) is 14.2. The van der Waals surface area contributed by atoms with Crippen LogP contribution < -0.4 is 19.8 Å². The van der Waals surface area contributed by atoms with Gasteiger partial charge >= 0.3 is 0 Å². The van der Waals surface area contributed by atoms with E-state index >= 15 is 0 Å². The van der Waals surface area contributed by atoms with Gasteiger partial charge in [0, 0.05) is 38.2 Å². The van der Waals surface area contributed by atoms with E-state index in [2.05, 4.69) is 135 Å². The largest absolute Gasteiger partial charge is 0.497 e. The fourth-order valence-electron chi connectivity index (χ4n) is 14.8. The van der Waals surface area contributed by atoms with Crippen molar-refractivity contribution in [2.45, 2.75) is 254 Å². The van der Waals surface area contributed by atoms with Crippen LogP contribution in [0.25, 0.3) is 0 Å². The molecule has 4 aliphatic rings. The molecule has 0 aromatic heterocycles. The molecule has 4 saturated heterocycles. The molecule has 0 saturated carbocycles. The lowest BCUT2D eigenvalue weighted by Gasteiger charge is -2.45. The summed E-state index contributed by atoms with van der Waals surface area (Å²) in [6.07, 6.45) is 2.78. The van der Waals surface area contributed by atoms with Crippen molar-refractivity contribution in [1.29, 1.82) is 0 Å². The van der Waals surface area contributed by atoms with Crippen molar-refractivity contribution < 1.29 is 61.7 Å². The summed E-state index contributed by atoms with van der Waals surface area (Å²) in [5.74, 6) is 0.793. The number of methoxy groups -OCH3 is 2. The van der Waals surface area contributed by atoms with E-state index in [0.717, 1.165) is 78.4 Å². The first-order valence-electron chi connectivity index (χ1n) is 33.8. The number of aliphatic hydroxyl groups is 2. The Hall–Kier alpha value is -4.31. The van der Waals surface area contributed by atoms with E-state index in [1.165, 1.54) is 10.4 Å². The van der Waals surface area contributed by atoms with Gasteiger partial charge in [-0.05, 0) is 140 Å². The summed E-state index contributed by atoms with van der Waals surface area (Å²) in [4.78, 5) is 0. The van der Waals surface area contributed by atoms with Crippen LogP contribution in [-0.4, -0.2) is 126 Å². The second-order valence-corrected chi connectivity index (χ2v) is 37.3. The maximum atomic E-state index is 13.1. The van der Waals surface area contributed by atoms with Gasteiger partial charge in [0.15, 0.2) is 14.1 Å². The molecule has 13 atom stereocenters. The highest BCUT2D eigenvalue weighted by Gasteiger charge is 2.58. The topological polar surface area (TPSA) is 142 Å². The number of hydrogen-bond acceptors (Lipinski definition) is 13. The van der Waals surface area contributed by atoms with E-state index in [9.17, 15) is 10.2 Å². The monoisotopic (exact) mass is 1270 g/mol. The molecule has 5 aromatic rings. The Balaban J connectivity index is 0.923. The van der Waals surface area contributed by atoms with Crippen molar-refractivity contribution in [3.63, 3.8) is 0 Å². The molecule has 2 N–H and O–H groups in total. The Morgan fingerprint density at radius 3 is 1.76 bits per heavy atom. The predicted molar refractivity (Wildman–Crippen MR) is 360 cm³/mol. The molecular formula is C75H108O13Si2. The van der Waals surface area contributed by atoms with Gasteiger partial charge in [-0.1, -0.05) is 164 Å². The van der Waals surface area contributed by atoms with Crippen LogP contribution in [0.15, 0.2) is 140 Å². The number of aliphatic hydroxyl groups excluding tert-OH is 2. The van der Waals surface area contributed by atoms with Crippen molar-refractivity contribution >= 4 is 27.0 Å². The first-order valence-corrected chi connectivity index (χ1v) is 38.2. The molecular weight excluding hydrogens is 1160 g/mol. The molecule has 4 heterocycles. The van der Waals surface area contributed by atoms with Crippen LogP contribution in [-0.2, 0) is 61.8 Å². The van der Waals surface area contributed by atoms with Crippen LogP contribution in [0, 0.1) is 5.92 Å². The third kappa shape index (κ3) is 17.0. The Morgan fingerprint density at radius 2 is 1.18 bits per heavy atom. The van der Waals surface area contributed by atoms with E-state index in [1.54, 1.807) is 14.2 Å². The fraction of sp³-hybridized carbons (Fsp3) is 0.600. The summed E-state index contributed by atoms with van der Waals surface area (Å²) in [6, 6.07) is 50.6. The Morgan fingerprint density at radius 1 is 0.622 bits per heavy atom. The van der Waals surface area contributed by atoms with Crippen molar-refractivity contribution in [2.24, 2.45) is 5.92 Å². The van der Waals surface area contributed by atoms with E-state index in [0.29, 0.717) is 65.1 Å². The van der Waals surface area contributed by atoms with Crippen molar-refractivity contribution in [3.8, 4) is 11.5 Å². The molecule has 1 spiro atoms. The van der Waals surface area contributed by atoms with Gasteiger partial charge in [-0.3, -0.25) is 0 Å². The van der Waals surface area contributed by atoms with Crippen LogP contribution in [0.5, 0.6) is 11.5 Å². The van der Waals surface area contributed by atoms with Gasteiger partial charge in [-0.15, -0.1) is 0 Å². The Kier molecular flexibility index (Phi) is 24.0. The summed E-state index contributed by atoms with van der Waals surface area (Å²) in [7, 11) is -1.73. The third-order valence-corrected chi connectivity index (χ3v) is 30.2. The Labute approximate surface area is 541 Å². The highest BCUT2D eigenvalue weighted by atomic mass is 28.4.